The molecule has 2 atom stereocenters. The van der Waals surface area contributed by atoms with Gasteiger partial charge in [-0.15, -0.1) is 0 Å². The molecule has 2 unspecified atom stereocenters. The van der Waals surface area contributed by atoms with E-state index in [4.69, 9.17) is 24.3 Å². The number of hydrogen-bond acceptors (Lipinski definition) is 8. The Morgan fingerprint density at radius 3 is 1.24 bits per heavy atom. The van der Waals surface area contributed by atoms with E-state index in [1.54, 1.807) is 0 Å². The van der Waals surface area contributed by atoms with Crippen molar-refractivity contribution < 1.29 is 37.6 Å². The zero-order valence-corrected chi connectivity index (χ0v) is 41.7. The summed E-state index contributed by atoms with van der Waals surface area (Å²) < 4.78 is 32.9. The minimum absolute atomic E-state index is 0.0498. The van der Waals surface area contributed by atoms with Gasteiger partial charge in [0.15, 0.2) is 6.10 Å². The molecule has 0 aromatic heterocycles. The lowest BCUT2D eigenvalue weighted by Crippen LogP contribution is -2.29. The lowest BCUT2D eigenvalue weighted by Gasteiger charge is -2.19. The normalized spacial score (nSPS) is 13.5. The molecule has 0 aliphatic carbocycles. The van der Waals surface area contributed by atoms with Gasteiger partial charge in [0.25, 0.3) is 0 Å². The van der Waals surface area contributed by atoms with E-state index in [1.165, 1.54) is 141 Å². The molecule has 63 heavy (non-hydrogen) atoms. The largest absolute Gasteiger partial charge is 0.472 e. The van der Waals surface area contributed by atoms with E-state index < -0.39 is 26.5 Å². The maximum Gasteiger partial charge on any atom is 0.472 e. The second-order valence-corrected chi connectivity index (χ2v) is 18.8. The van der Waals surface area contributed by atoms with Crippen molar-refractivity contribution in [1.29, 1.82) is 0 Å². The Balaban J connectivity index is 4.07. The minimum Gasteiger partial charge on any atom is -0.462 e. The van der Waals surface area contributed by atoms with Crippen LogP contribution in [0.4, 0.5) is 0 Å². The topological polar surface area (TPSA) is 134 Å². The van der Waals surface area contributed by atoms with Crippen molar-refractivity contribution in [2.45, 2.75) is 251 Å². The van der Waals surface area contributed by atoms with Crippen LogP contribution in [-0.4, -0.2) is 49.3 Å². The number of esters is 2. The Hall–Kier alpha value is -2.03. The Morgan fingerprint density at radius 2 is 0.825 bits per heavy atom. The fraction of sp³-hybridized carbons (Fsp3) is 0.811. The first-order valence-electron chi connectivity index (χ1n) is 26.1. The van der Waals surface area contributed by atoms with Crippen LogP contribution in [0.3, 0.4) is 0 Å². The molecular formula is C53H98NO8P. The summed E-state index contributed by atoms with van der Waals surface area (Å²) in [5.74, 6) is -0.840. The first kappa shape index (κ1) is 61.0. The highest BCUT2D eigenvalue weighted by molar-refractivity contribution is 7.47. The fourth-order valence-corrected chi connectivity index (χ4v) is 8.05. The molecule has 368 valence electrons. The maximum atomic E-state index is 12.7. The van der Waals surface area contributed by atoms with Crippen LogP contribution >= 0.6 is 7.82 Å². The van der Waals surface area contributed by atoms with E-state index in [-0.39, 0.29) is 38.6 Å². The SMILES string of the molecule is CCCCCCC/C=C\C/C=C\C/C=C\CCCCCCCCC(=O)OC(COC(=O)CCCCCCCCCCC/C=C\CCCCCCCCCC)COP(=O)(O)OCCN. The van der Waals surface area contributed by atoms with Gasteiger partial charge < -0.3 is 20.1 Å². The lowest BCUT2D eigenvalue weighted by atomic mass is 10.1. The quantitative estimate of drug-likeness (QED) is 0.0265. The van der Waals surface area contributed by atoms with Crippen molar-refractivity contribution in [2.24, 2.45) is 5.73 Å². The zero-order chi connectivity index (χ0) is 46.0. The average Bonchev–Trinajstić information content (AvgIpc) is 3.27. The van der Waals surface area contributed by atoms with Gasteiger partial charge >= 0.3 is 19.8 Å². The smallest absolute Gasteiger partial charge is 0.462 e. The molecule has 3 N–H and O–H groups in total. The van der Waals surface area contributed by atoms with Crippen LogP contribution in [0.5, 0.6) is 0 Å². The average molecular weight is 908 g/mol. The van der Waals surface area contributed by atoms with Crippen molar-refractivity contribution in [3.63, 3.8) is 0 Å². The van der Waals surface area contributed by atoms with Crippen molar-refractivity contribution >= 4 is 19.8 Å². The molecule has 9 nitrogen and oxygen atoms in total. The summed E-state index contributed by atoms with van der Waals surface area (Å²) in [6, 6.07) is 0. The number of hydrogen-bond donors (Lipinski definition) is 2. The summed E-state index contributed by atoms with van der Waals surface area (Å²) in [7, 11) is -4.39. The molecular weight excluding hydrogens is 810 g/mol. The second kappa shape index (κ2) is 49.4. The number of phosphoric acid groups is 1. The molecule has 0 radical (unpaired) electrons. The zero-order valence-electron chi connectivity index (χ0n) is 40.8. The Kier molecular flexibility index (Phi) is 47.8. The molecule has 0 bridgehead atoms. The predicted octanol–water partition coefficient (Wildman–Crippen LogP) is 15.8. The predicted molar refractivity (Wildman–Crippen MR) is 266 cm³/mol. The summed E-state index contributed by atoms with van der Waals surface area (Å²) in [4.78, 5) is 35.1. The van der Waals surface area contributed by atoms with Crippen LogP contribution in [0.25, 0.3) is 0 Å². The Morgan fingerprint density at radius 1 is 0.476 bits per heavy atom. The third-order valence-corrected chi connectivity index (χ3v) is 12.2. The molecule has 0 aromatic carbocycles. The lowest BCUT2D eigenvalue weighted by molar-refractivity contribution is -0.161. The van der Waals surface area contributed by atoms with Crippen molar-refractivity contribution in [3.05, 3.63) is 48.6 Å². The molecule has 0 aromatic rings. The van der Waals surface area contributed by atoms with Gasteiger partial charge in [0.1, 0.15) is 6.61 Å². The van der Waals surface area contributed by atoms with Gasteiger partial charge in [0.2, 0.25) is 0 Å². The number of unbranched alkanes of at least 4 members (excludes halogenated alkanes) is 28. The van der Waals surface area contributed by atoms with Gasteiger partial charge in [-0.1, -0.05) is 204 Å². The highest BCUT2D eigenvalue weighted by Crippen LogP contribution is 2.43. The number of phosphoric ester groups is 1. The van der Waals surface area contributed by atoms with Crippen molar-refractivity contribution in [1.82, 2.24) is 0 Å². The number of nitrogens with two attached hydrogens (primary N) is 1. The van der Waals surface area contributed by atoms with Crippen LogP contribution in [0.2, 0.25) is 0 Å². The number of carbonyl (C=O) groups excluding carboxylic acids is 2. The van der Waals surface area contributed by atoms with Crippen molar-refractivity contribution in [2.75, 3.05) is 26.4 Å². The number of allylic oxidation sites excluding steroid dienone is 8. The molecule has 0 fully saturated rings. The number of rotatable bonds is 49. The first-order chi connectivity index (χ1) is 30.8. The van der Waals surface area contributed by atoms with Crippen LogP contribution in [-0.2, 0) is 32.7 Å². The van der Waals surface area contributed by atoms with Gasteiger partial charge in [-0.2, -0.15) is 0 Å². The highest BCUT2D eigenvalue weighted by Gasteiger charge is 2.26. The third-order valence-electron chi connectivity index (χ3n) is 11.2. The third kappa shape index (κ3) is 49.2. The van der Waals surface area contributed by atoms with E-state index in [9.17, 15) is 19.0 Å². The first-order valence-corrected chi connectivity index (χ1v) is 27.6. The Labute approximate surface area is 387 Å². The Bertz CT molecular complexity index is 1170. The summed E-state index contributed by atoms with van der Waals surface area (Å²) in [6.45, 7) is 3.73. The minimum atomic E-state index is -4.39. The molecule has 0 aliphatic rings. The number of carbonyl (C=O) groups is 2. The number of ether oxygens (including phenoxy) is 2. The van der Waals surface area contributed by atoms with Gasteiger partial charge in [0.05, 0.1) is 13.2 Å². The van der Waals surface area contributed by atoms with Gasteiger partial charge in [-0.3, -0.25) is 18.6 Å². The summed E-state index contributed by atoms with van der Waals surface area (Å²) >= 11 is 0. The van der Waals surface area contributed by atoms with Crippen LogP contribution in [0.1, 0.15) is 245 Å². The van der Waals surface area contributed by atoms with E-state index in [0.29, 0.717) is 6.42 Å². The van der Waals surface area contributed by atoms with Gasteiger partial charge in [-0.05, 0) is 77.0 Å². The maximum absolute atomic E-state index is 12.7. The summed E-state index contributed by atoms with van der Waals surface area (Å²) in [5.41, 5.74) is 5.37. The molecule has 0 amide bonds. The van der Waals surface area contributed by atoms with Crippen LogP contribution in [0, 0.1) is 0 Å². The monoisotopic (exact) mass is 908 g/mol. The second-order valence-electron chi connectivity index (χ2n) is 17.4. The van der Waals surface area contributed by atoms with Crippen molar-refractivity contribution in [3.8, 4) is 0 Å². The van der Waals surface area contributed by atoms with E-state index in [0.717, 1.165) is 70.6 Å². The molecule has 0 saturated heterocycles. The fourth-order valence-electron chi connectivity index (χ4n) is 7.28. The van der Waals surface area contributed by atoms with Crippen LogP contribution < -0.4 is 5.73 Å². The standard InChI is InChI=1S/C53H98NO8P/c1-3-5-7-9-11-13-15-17-19-21-23-25-27-29-31-33-35-37-39-41-43-45-52(55)59-49-51(50-61-63(57,58)60-48-47-54)62-53(56)46-44-42-40-38-36-34-32-30-28-26-24-22-20-18-16-14-12-10-8-6-4-2/h16,18,21-24,28,30,51H,3-15,17,19-20,25-27,29,31-50,54H2,1-2H3,(H,57,58)/b18-16-,23-21-,24-22-,30-28-. The van der Waals surface area contributed by atoms with E-state index in [2.05, 4.69) is 62.5 Å². The van der Waals surface area contributed by atoms with Gasteiger partial charge in [0, 0.05) is 19.4 Å². The molecule has 0 rings (SSSR count). The molecule has 0 spiro atoms. The van der Waals surface area contributed by atoms with E-state index >= 15 is 0 Å². The summed E-state index contributed by atoms with van der Waals surface area (Å²) in [6.07, 6.45) is 58.6. The van der Waals surface area contributed by atoms with Gasteiger partial charge in [-0.25, -0.2) is 4.57 Å². The molecule has 0 saturated carbocycles. The highest BCUT2D eigenvalue weighted by atomic mass is 31.2. The molecule has 0 aliphatic heterocycles. The summed E-state index contributed by atoms with van der Waals surface area (Å²) in [5, 5.41) is 0. The molecule has 0 heterocycles. The molecule has 10 heteroatoms. The van der Waals surface area contributed by atoms with E-state index in [1.807, 2.05) is 0 Å². The van der Waals surface area contributed by atoms with Crippen LogP contribution in [0.15, 0.2) is 48.6 Å².